The lowest BCUT2D eigenvalue weighted by atomic mass is 10.1. The number of carbonyl (C=O) groups excluding carboxylic acids is 1. The molecule has 3 rings (SSSR count). The predicted octanol–water partition coefficient (Wildman–Crippen LogP) is 1.54. The molecule has 0 aliphatic rings. The average molecular weight is 335 g/mol. The summed E-state index contributed by atoms with van der Waals surface area (Å²) in [6.07, 6.45) is 0.482. The molecule has 4 N–H and O–H groups in total. The van der Waals surface area contributed by atoms with Crippen LogP contribution in [-0.2, 0) is 18.3 Å². The lowest BCUT2D eigenvalue weighted by Gasteiger charge is -2.11. The van der Waals surface area contributed by atoms with E-state index >= 15 is 0 Å². The summed E-state index contributed by atoms with van der Waals surface area (Å²) in [6.45, 7) is 1.87. The van der Waals surface area contributed by atoms with Crippen molar-refractivity contribution in [3.8, 4) is 0 Å². The van der Waals surface area contributed by atoms with Crippen molar-refractivity contribution in [2.45, 2.75) is 19.4 Å². The van der Waals surface area contributed by atoms with Gasteiger partial charge in [0.25, 0.3) is 0 Å². The monoisotopic (exact) mass is 334 g/mol. The number of aromatic nitrogens is 4. The summed E-state index contributed by atoms with van der Waals surface area (Å²) in [7, 11) is 1.81. The van der Waals surface area contributed by atoms with E-state index < -0.39 is 6.04 Å². The van der Waals surface area contributed by atoms with Crippen LogP contribution in [0.2, 0.25) is 0 Å². The van der Waals surface area contributed by atoms with Crippen LogP contribution < -0.4 is 11.1 Å². The standard InChI is InChI=1S/C15H18N6O.ClH/c1-9-12-13(18-19-14(12)21(2)20-9)17-15(22)11(16)8-10-6-4-3-5-7-10;/h3-7,11H,8,16H2,1-2H3,(H2,17,18,19,22);1H. The SMILES string of the molecule is Cc1nn(C)c2n[nH]c(NC(=O)C(N)Cc3ccccc3)c12.Cl. The zero-order valence-electron chi connectivity index (χ0n) is 12.9. The molecule has 3 aromatic rings. The van der Waals surface area contributed by atoms with E-state index in [1.54, 1.807) is 4.68 Å². The molecule has 7 nitrogen and oxygen atoms in total. The number of amides is 1. The molecule has 0 radical (unpaired) electrons. The fraction of sp³-hybridized carbons (Fsp3) is 0.267. The molecule has 1 atom stereocenters. The van der Waals surface area contributed by atoms with Crippen molar-refractivity contribution >= 4 is 35.2 Å². The molecular weight excluding hydrogens is 316 g/mol. The second-order valence-electron chi connectivity index (χ2n) is 5.29. The van der Waals surface area contributed by atoms with Gasteiger partial charge in [0.1, 0.15) is 5.82 Å². The van der Waals surface area contributed by atoms with Crippen molar-refractivity contribution in [1.82, 2.24) is 20.0 Å². The molecule has 0 saturated heterocycles. The number of aryl methyl sites for hydroxylation is 2. The van der Waals surface area contributed by atoms with Gasteiger partial charge in [0.2, 0.25) is 5.91 Å². The van der Waals surface area contributed by atoms with E-state index in [0.29, 0.717) is 17.9 Å². The third-order valence-corrected chi connectivity index (χ3v) is 3.60. The highest BCUT2D eigenvalue weighted by Crippen LogP contribution is 2.23. The molecular formula is C15H19ClN6O. The van der Waals surface area contributed by atoms with E-state index in [0.717, 1.165) is 16.6 Å². The molecule has 23 heavy (non-hydrogen) atoms. The number of hydrogen-bond acceptors (Lipinski definition) is 4. The van der Waals surface area contributed by atoms with Gasteiger partial charge in [0, 0.05) is 7.05 Å². The average Bonchev–Trinajstić information content (AvgIpc) is 3.03. The van der Waals surface area contributed by atoms with E-state index in [-0.39, 0.29) is 18.3 Å². The number of halogens is 1. The minimum Gasteiger partial charge on any atom is -0.320 e. The fourth-order valence-electron chi connectivity index (χ4n) is 2.50. The lowest BCUT2D eigenvalue weighted by molar-refractivity contribution is -0.117. The molecule has 1 unspecified atom stereocenters. The fourth-order valence-corrected chi connectivity index (χ4v) is 2.50. The third kappa shape index (κ3) is 3.35. The maximum absolute atomic E-state index is 12.3. The van der Waals surface area contributed by atoms with E-state index in [4.69, 9.17) is 5.73 Å². The number of fused-ring (bicyclic) bond motifs is 1. The molecule has 0 bridgehead atoms. The summed E-state index contributed by atoms with van der Waals surface area (Å²) in [5.74, 6) is 0.284. The summed E-state index contributed by atoms with van der Waals surface area (Å²) < 4.78 is 1.67. The van der Waals surface area contributed by atoms with Gasteiger partial charge in [-0.05, 0) is 18.9 Å². The van der Waals surface area contributed by atoms with Crippen molar-refractivity contribution in [3.63, 3.8) is 0 Å². The second-order valence-corrected chi connectivity index (χ2v) is 5.29. The van der Waals surface area contributed by atoms with Crippen LogP contribution in [0.4, 0.5) is 5.82 Å². The van der Waals surface area contributed by atoms with Crippen molar-refractivity contribution in [3.05, 3.63) is 41.6 Å². The number of aromatic amines is 1. The Hall–Kier alpha value is -2.38. The van der Waals surface area contributed by atoms with Crippen molar-refractivity contribution in [1.29, 1.82) is 0 Å². The number of rotatable bonds is 4. The molecule has 0 saturated carbocycles. The molecule has 2 aromatic heterocycles. The first-order valence-corrected chi connectivity index (χ1v) is 7.04. The highest BCUT2D eigenvalue weighted by atomic mass is 35.5. The van der Waals surface area contributed by atoms with Crippen LogP contribution in [0.1, 0.15) is 11.3 Å². The highest BCUT2D eigenvalue weighted by Gasteiger charge is 2.19. The van der Waals surface area contributed by atoms with Gasteiger partial charge in [0.15, 0.2) is 5.65 Å². The second kappa shape index (κ2) is 6.80. The van der Waals surface area contributed by atoms with E-state index in [1.165, 1.54) is 0 Å². The van der Waals surface area contributed by atoms with Gasteiger partial charge >= 0.3 is 0 Å². The number of nitrogens with one attached hydrogen (secondary N) is 2. The maximum Gasteiger partial charge on any atom is 0.242 e. The Morgan fingerprint density at radius 2 is 2.09 bits per heavy atom. The Balaban J connectivity index is 0.00000192. The van der Waals surface area contributed by atoms with Crippen molar-refractivity contribution < 1.29 is 4.79 Å². The van der Waals surface area contributed by atoms with E-state index in [1.807, 2.05) is 44.3 Å². The summed E-state index contributed by atoms with van der Waals surface area (Å²) in [6, 6.07) is 9.06. The Morgan fingerprint density at radius 3 is 2.78 bits per heavy atom. The minimum atomic E-state index is -0.627. The lowest BCUT2D eigenvalue weighted by Crippen LogP contribution is -2.37. The van der Waals surface area contributed by atoms with Crippen LogP contribution in [0.3, 0.4) is 0 Å². The molecule has 0 fully saturated rings. The topological polar surface area (TPSA) is 102 Å². The smallest absolute Gasteiger partial charge is 0.242 e. The van der Waals surface area contributed by atoms with Gasteiger partial charge in [-0.2, -0.15) is 10.2 Å². The van der Waals surface area contributed by atoms with Gasteiger partial charge in [-0.25, -0.2) is 4.68 Å². The minimum absolute atomic E-state index is 0. The van der Waals surface area contributed by atoms with E-state index in [2.05, 4.69) is 20.6 Å². The Kier molecular flexibility index (Phi) is 5.02. The van der Waals surface area contributed by atoms with Crippen LogP contribution in [0.5, 0.6) is 0 Å². The normalized spacial score (nSPS) is 12.0. The quantitative estimate of drug-likeness (QED) is 0.673. The predicted molar refractivity (Wildman–Crippen MR) is 91.6 cm³/mol. The Morgan fingerprint density at radius 1 is 1.39 bits per heavy atom. The molecule has 8 heteroatoms. The van der Waals surface area contributed by atoms with Crippen LogP contribution in [-0.4, -0.2) is 31.9 Å². The molecule has 122 valence electrons. The Labute approximate surface area is 139 Å². The maximum atomic E-state index is 12.3. The van der Waals surface area contributed by atoms with Crippen LogP contribution in [0.15, 0.2) is 30.3 Å². The van der Waals surface area contributed by atoms with Gasteiger partial charge in [0.05, 0.1) is 17.1 Å². The Bertz CT molecular complexity index is 810. The molecule has 0 spiro atoms. The number of carbonyl (C=O) groups is 1. The van der Waals surface area contributed by atoms with E-state index in [9.17, 15) is 4.79 Å². The zero-order chi connectivity index (χ0) is 15.7. The number of benzene rings is 1. The van der Waals surface area contributed by atoms with Crippen LogP contribution in [0.25, 0.3) is 11.0 Å². The number of nitrogens with two attached hydrogens (primary N) is 1. The first kappa shape index (κ1) is 17.0. The van der Waals surface area contributed by atoms with Crippen molar-refractivity contribution in [2.75, 3.05) is 5.32 Å². The molecule has 0 aliphatic heterocycles. The summed E-state index contributed by atoms with van der Waals surface area (Å²) in [5.41, 5.74) is 8.51. The van der Waals surface area contributed by atoms with Gasteiger partial charge < -0.3 is 11.1 Å². The summed E-state index contributed by atoms with van der Waals surface area (Å²) in [5, 5.41) is 14.9. The van der Waals surface area contributed by atoms with Gasteiger partial charge in [-0.15, -0.1) is 12.4 Å². The van der Waals surface area contributed by atoms with Crippen LogP contribution >= 0.6 is 12.4 Å². The number of nitrogens with zero attached hydrogens (tertiary/aromatic N) is 3. The summed E-state index contributed by atoms with van der Waals surface area (Å²) in [4.78, 5) is 12.3. The molecule has 2 heterocycles. The van der Waals surface area contributed by atoms with Gasteiger partial charge in [-0.3, -0.25) is 9.89 Å². The third-order valence-electron chi connectivity index (χ3n) is 3.60. The summed E-state index contributed by atoms with van der Waals surface area (Å²) >= 11 is 0. The number of hydrogen-bond donors (Lipinski definition) is 3. The highest BCUT2D eigenvalue weighted by molar-refractivity contribution is 6.01. The first-order chi connectivity index (χ1) is 10.6. The molecule has 0 aliphatic carbocycles. The number of anilines is 1. The van der Waals surface area contributed by atoms with Crippen LogP contribution in [0, 0.1) is 6.92 Å². The number of H-pyrrole nitrogens is 1. The largest absolute Gasteiger partial charge is 0.320 e. The molecule has 1 aromatic carbocycles. The first-order valence-electron chi connectivity index (χ1n) is 7.04. The molecule has 1 amide bonds. The van der Waals surface area contributed by atoms with Gasteiger partial charge in [-0.1, -0.05) is 30.3 Å². The zero-order valence-corrected chi connectivity index (χ0v) is 13.7. The van der Waals surface area contributed by atoms with Crippen molar-refractivity contribution in [2.24, 2.45) is 12.8 Å².